The molecular weight excluding hydrogens is 348 g/mol. The Balaban J connectivity index is 1.53. The van der Waals surface area contributed by atoms with Crippen LogP contribution < -0.4 is 10.6 Å². The molecule has 1 unspecified atom stereocenters. The van der Waals surface area contributed by atoms with E-state index in [1.807, 2.05) is 13.1 Å². The van der Waals surface area contributed by atoms with Crippen molar-refractivity contribution in [3.8, 4) is 0 Å². The molecule has 4 amide bonds. The zero-order valence-electron chi connectivity index (χ0n) is 15.2. The van der Waals surface area contributed by atoms with Gasteiger partial charge in [0.25, 0.3) is 11.8 Å². The van der Waals surface area contributed by atoms with E-state index < -0.39 is 23.8 Å². The molecule has 3 aliphatic rings. The van der Waals surface area contributed by atoms with E-state index in [0.29, 0.717) is 23.7 Å². The number of hydrogen-bond donors (Lipinski definition) is 2. The molecule has 0 spiro atoms. The molecule has 27 heavy (non-hydrogen) atoms. The third-order valence-electron chi connectivity index (χ3n) is 5.59. The normalized spacial score (nSPS) is 25.9. The Kier molecular flexibility index (Phi) is 4.53. The maximum absolute atomic E-state index is 12.8. The first kappa shape index (κ1) is 17.8. The van der Waals surface area contributed by atoms with Crippen molar-refractivity contribution in [2.75, 3.05) is 20.1 Å². The number of nitrogens with zero attached hydrogens (tertiary/aromatic N) is 2. The average molecular weight is 370 g/mol. The first-order valence-corrected chi connectivity index (χ1v) is 9.22. The molecule has 0 saturated carbocycles. The number of piperidine rings is 1. The van der Waals surface area contributed by atoms with Crippen molar-refractivity contribution in [1.82, 2.24) is 20.4 Å². The molecule has 3 heterocycles. The number of carbonyl (C=O) groups excluding carboxylic acids is 4. The van der Waals surface area contributed by atoms with Gasteiger partial charge >= 0.3 is 0 Å². The van der Waals surface area contributed by atoms with Crippen molar-refractivity contribution in [2.45, 2.75) is 37.9 Å². The van der Waals surface area contributed by atoms with Crippen molar-refractivity contribution in [1.29, 1.82) is 0 Å². The van der Waals surface area contributed by atoms with Gasteiger partial charge in [-0.25, -0.2) is 0 Å². The molecule has 0 radical (unpaired) electrons. The van der Waals surface area contributed by atoms with E-state index in [4.69, 9.17) is 0 Å². The number of likely N-dealkylation sites (tertiary alicyclic amines) is 1. The largest absolute Gasteiger partial charge is 0.316 e. The molecule has 142 valence electrons. The SMILES string of the molecule is CN[C@H]1CCN(Cc2ccc3c(c2)C(=O)N(C2CCC(=O)NC2=O)C3=O)C1. The number of likely N-dealkylation sites (N-methyl/N-ethyl adjacent to an activating group) is 1. The quantitative estimate of drug-likeness (QED) is 0.717. The molecule has 2 saturated heterocycles. The highest BCUT2D eigenvalue weighted by atomic mass is 16.2. The summed E-state index contributed by atoms with van der Waals surface area (Å²) < 4.78 is 0. The Morgan fingerprint density at radius 2 is 1.89 bits per heavy atom. The zero-order chi connectivity index (χ0) is 19.1. The van der Waals surface area contributed by atoms with Crippen molar-refractivity contribution in [3.05, 3.63) is 34.9 Å². The molecule has 2 N–H and O–H groups in total. The van der Waals surface area contributed by atoms with Gasteiger partial charge in [-0.3, -0.25) is 34.3 Å². The number of hydrogen-bond acceptors (Lipinski definition) is 6. The van der Waals surface area contributed by atoms with Gasteiger partial charge in [0.2, 0.25) is 11.8 Å². The van der Waals surface area contributed by atoms with Gasteiger partial charge in [0.15, 0.2) is 0 Å². The fraction of sp³-hybridized carbons (Fsp3) is 0.474. The Bertz CT molecular complexity index is 837. The maximum atomic E-state index is 12.8. The van der Waals surface area contributed by atoms with Gasteiger partial charge in [-0.05, 0) is 37.6 Å². The third-order valence-corrected chi connectivity index (χ3v) is 5.59. The predicted octanol–water partition coefficient (Wildman–Crippen LogP) is -0.118. The van der Waals surface area contributed by atoms with Gasteiger partial charge in [0, 0.05) is 32.1 Å². The Labute approximate surface area is 156 Å². The lowest BCUT2D eigenvalue weighted by Gasteiger charge is -2.27. The molecule has 4 rings (SSSR count). The second kappa shape index (κ2) is 6.86. The fourth-order valence-corrected chi connectivity index (χ4v) is 4.09. The van der Waals surface area contributed by atoms with Gasteiger partial charge in [0.1, 0.15) is 6.04 Å². The highest BCUT2D eigenvalue weighted by Crippen LogP contribution is 2.29. The highest BCUT2D eigenvalue weighted by molar-refractivity contribution is 6.23. The molecule has 0 aliphatic carbocycles. The summed E-state index contributed by atoms with van der Waals surface area (Å²) >= 11 is 0. The second-order valence-corrected chi connectivity index (χ2v) is 7.34. The minimum Gasteiger partial charge on any atom is -0.316 e. The van der Waals surface area contributed by atoms with Crippen molar-refractivity contribution in [3.63, 3.8) is 0 Å². The Morgan fingerprint density at radius 1 is 1.11 bits per heavy atom. The topological polar surface area (TPSA) is 98.8 Å². The van der Waals surface area contributed by atoms with Crippen molar-refractivity contribution < 1.29 is 19.2 Å². The number of nitrogens with one attached hydrogen (secondary N) is 2. The molecule has 0 aromatic heterocycles. The van der Waals surface area contributed by atoms with E-state index in [1.54, 1.807) is 12.1 Å². The van der Waals surface area contributed by atoms with Crippen molar-refractivity contribution in [2.24, 2.45) is 0 Å². The first-order chi connectivity index (χ1) is 13.0. The van der Waals surface area contributed by atoms with Crippen molar-refractivity contribution >= 4 is 23.6 Å². The average Bonchev–Trinajstić information content (AvgIpc) is 3.19. The summed E-state index contributed by atoms with van der Waals surface area (Å²) in [7, 11) is 1.96. The van der Waals surface area contributed by atoms with Crippen LogP contribution in [0.2, 0.25) is 0 Å². The molecule has 3 aliphatic heterocycles. The van der Waals surface area contributed by atoms with Gasteiger partial charge in [0.05, 0.1) is 11.1 Å². The van der Waals surface area contributed by atoms with Crippen LogP contribution in [0.25, 0.3) is 0 Å². The maximum Gasteiger partial charge on any atom is 0.262 e. The van der Waals surface area contributed by atoms with Crippen LogP contribution in [-0.4, -0.2) is 65.6 Å². The summed E-state index contributed by atoms with van der Waals surface area (Å²) in [5.41, 5.74) is 1.63. The summed E-state index contributed by atoms with van der Waals surface area (Å²) in [5, 5.41) is 5.48. The predicted molar refractivity (Wildman–Crippen MR) is 95.9 cm³/mol. The van der Waals surface area contributed by atoms with Gasteiger partial charge in [-0.15, -0.1) is 0 Å². The Hall–Kier alpha value is -2.58. The molecular formula is C19H22N4O4. The van der Waals surface area contributed by atoms with Crippen LogP contribution in [0.3, 0.4) is 0 Å². The molecule has 2 atom stereocenters. The van der Waals surface area contributed by atoms with Crippen LogP contribution in [0.15, 0.2) is 18.2 Å². The summed E-state index contributed by atoms with van der Waals surface area (Å²) in [6.45, 7) is 2.64. The molecule has 8 nitrogen and oxygen atoms in total. The van der Waals surface area contributed by atoms with Gasteiger partial charge in [-0.1, -0.05) is 6.07 Å². The Morgan fingerprint density at radius 3 is 2.59 bits per heavy atom. The minimum absolute atomic E-state index is 0.122. The van der Waals surface area contributed by atoms with E-state index in [0.717, 1.165) is 30.0 Å². The van der Waals surface area contributed by atoms with Crippen LogP contribution in [0.1, 0.15) is 45.5 Å². The van der Waals surface area contributed by atoms with Crippen LogP contribution in [-0.2, 0) is 16.1 Å². The zero-order valence-corrected chi connectivity index (χ0v) is 15.2. The van der Waals surface area contributed by atoms with E-state index in [1.165, 1.54) is 0 Å². The summed E-state index contributed by atoms with van der Waals surface area (Å²) in [6.07, 6.45) is 1.38. The number of benzene rings is 1. The molecule has 1 aromatic rings. The van der Waals surface area contributed by atoms with Gasteiger partial charge in [-0.2, -0.15) is 0 Å². The molecule has 8 heteroatoms. The minimum atomic E-state index is -0.923. The smallest absolute Gasteiger partial charge is 0.262 e. The summed E-state index contributed by atoms with van der Waals surface area (Å²) in [4.78, 5) is 52.3. The number of amides is 4. The first-order valence-electron chi connectivity index (χ1n) is 9.22. The van der Waals surface area contributed by atoms with Crippen LogP contribution >= 0.6 is 0 Å². The van der Waals surface area contributed by atoms with Crippen LogP contribution in [0.5, 0.6) is 0 Å². The van der Waals surface area contributed by atoms with E-state index in [9.17, 15) is 19.2 Å². The van der Waals surface area contributed by atoms with E-state index >= 15 is 0 Å². The second-order valence-electron chi connectivity index (χ2n) is 7.34. The summed E-state index contributed by atoms with van der Waals surface area (Å²) in [5.74, 6) is -1.88. The lowest BCUT2D eigenvalue weighted by Crippen LogP contribution is -2.54. The lowest BCUT2D eigenvalue weighted by atomic mass is 10.0. The van der Waals surface area contributed by atoms with E-state index in [2.05, 4.69) is 15.5 Å². The number of fused-ring (bicyclic) bond motifs is 1. The number of carbonyl (C=O) groups is 4. The summed E-state index contributed by atoms with van der Waals surface area (Å²) in [6, 6.07) is 4.85. The van der Waals surface area contributed by atoms with Crippen LogP contribution in [0.4, 0.5) is 0 Å². The third kappa shape index (κ3) is 3.15. The molecule has 1 aromatic carbocycles. The fourth-order valence-electron chi connectivity index (χ4n) is 4.09. The number of imide groups is 2. The number of rotatable bonds is 4. The monoisotopic (exact) mass is 370 g/mol. The standard InChI is InChI=1S/C19H22N4O4/c1-20-12-6-7-22(10-12)9-11-2-3-13-14(8-11)19(27)23(18(13)26)15-4-5-16(24)21-17(15)25/h2-3,8,12,15,20H,4-7,9-10H2,1H3,(H,21,24,25)/t12-,15?/m0/s1. The highest BCUT2D eigenvalue weighted by Gasteiger charge is 2.44. The molecule has 0 bridgehead atoms. The van der Waals surface area contributed by atoms with E-state index in [-0.39, 0.29) is 18.7 Å². The van der Waals surface area contributed by atoms with Gasteiger partial charge < -0.3 is 5.32 Å². The lowest BCUT2D eigenvalue weighted by molar-refractivity contribution is -0.136. The molecule has 2 fully saturated rings. The van der Waals surface area contributed by atoms with Crippen LogP contribution in [0, 0.1) is 0 Å².